The van der Waals surface area contributed by atoms with Crippen molar-refractivity contribution in [2.75, 3.05) is 7.11 Å². The Balaban J connectivity index is 2.15. The topological polar surface area (TPSA) is 98.5 Å². The van der Waals surface area contributed by atoms with Gasteiger partial charge in [0, 0.05) is 23.1 Å². The van der Waals surface area contributed by atoms with Crippen LogP contribution in [0.3, 0.4) is 0 Å². The second-order valence-corrected chi connectivity index (χ2v) is 7.08. The number of ketones is 1. The number of carbonyl (C=O) groups excluding carboxylic acids is 1. The molecule has 0 saturated heterocycles. The normalized spacial score (nSPS) is 11.7. The molecule has 30 heavy (non-hydrogen) atoms. The van der Waals surface area contributed by atoms with Crippen molar-refractivity contribution < 1.29 is 19.4 Å². The van der Waals surface area contributed by atoms with Gasteiger partial charge in [0.1, 0.15) is 0 Å². The molecular weight excluding hydrogens is 408 g/mol. The standard InChI is InChI=1S/C22H19ClN2O5/c1-13(26)16-9-8-15(23)11-17(16)18-12-20(27)25(24-21(18)30-2)19(22(28)29)10-14-6-4-3-5-7-14/h3-9,11-12,19H,10H2,1-2H3,(H,28,29). The molecule has 1 atom stereocenters. The quantitative estimate of drug-likeness (QED) is 0.579. The molecule has 1 N–H and O–H groups in total. The Kier molecular flexibility index (Phi) is 6.32. The molecule has 1 heterocycles. The van der Waals surface area contributed by atoms with E-state index >= 15 is 0 Å². The van der Waals surface area contributed by atoms with Crippen LogP contribution in [-0.2, 0) is 11.2 Å². The summed E-state index contributed by atoms with van der Waals surface area (Å²) in [5.74, 6) is -1.41. The summed E-state index contributed by atoms with van der Waals surface area (Å²) in [5.41, 5.74) is 1.10. The van der Waals surface area contributed by atoms with Crippen molar-refractivity contribution in [2.45, 2.75) is 19.4 Å². The number of nitrogens with zero attached hydrogens (tertiary/aromatic N) is 2. The van der Waals surface area contributed by atoms with Crippen LogP contribution in [0.1, 0.15) is 28.9 Å². The number of halogens is 1. The van der Waals surface area contributed by atoms with E-state index in [9.17, 15) is 19.5 Å². The first kappa shape index (κ1) is 21.3. The molecule has 3 rings (SSSR count). The van der Waals surface area contributed by atoms with E-state index in [1.54, 1.807) is 42.5 Å². The smallest absolute Gasteiger partial charge is 0.329 e. The molecule has 1 unspecified atom stereocenters. The Morgan fingerprint density at radius 2 is 1.83 bits per heavy atom. The lowest BCUT2D eigenvalue weighted by molar-refractivity contribution is -0.141. The SMILES string of the molecule is COc1nn(C(Cc2ccccc2)C(=O)O)c(=O)cc1-c1cc(Cl)ccc1C(C)=O. The third kappa shape index (κ3) is 4.41. The number of ether oxygens (including phenoxy) is 1. The van der Waals surface area contributed by atoms with E-state index in [2.05, 4.69) is 5.10 Å². The van der Waals surface area contributed by atoms with Crippen LogP contribution in [-0.4, -0.2) is 33.7 Å². The summed E-state index contributed by atoms with van der Waals surface area (Å²) in [5, 5.41) is 14.2. The van der Waals surface area contributed by atoms with Crippen molar-refractivity contribution in [1.29, 1.82) is 0 Å². The predicted molar refractivity (Wildman–Crippen MR) is 112 cm³/mol. The monoisotopic (exact) mass is 426 g/mol. The molecule has 7 nitrogen and oxygen atoms in total. The molecule has 3 aromatic rings. The number of hydrogen-bond donors (Lipinski definition) is 1. The fourth-order valence-electron chi connectivity index (χ4n) is 3.18. The van der Waals surface area contributed by atoms with Crippen LogP contribution in [0.25, 0.3) is 11.1 Å². The number of methoxy groups -OCH3 is 1. The highest BCUT2D eigenvalue weighted by atomic mass is 35.5. The average molecular weight is 427 g/mol. The van der Waals surface area contributed by atoms with E-state index in [0.29, 0.717) is 16.1 Å². The van der Waals surface area contributed by atoms with Gasteiger partial charge in [-0.15, -0.1) is 5.10 Å². The summed E-state index contributed by atoms with van der Waals surface area (Å²) < 4.78 is 6.22. The van der Waals surface area contributed by atoms with Crippen LogP contribution in [0.15, 0.2) is 59.4 Å². The average Bonchev–Trinajstić information content (AvgIpc) is 2.72. The maximum Gasteiger partial charge on any atom is 0.329 e. The van der Waals surface area contributed by atoms with Crippen LogP contribution in [0.2, 0.25) is 5.02 Å². The van der Waals surface area contributed by atoms with E-state index in [1.165, 1.54) is 20.1 Å². The highest BCUT2D eigenvalue weighted by Crippen LogP contribution is 2.32. The third-order valence-corrected chi connectivity index (χ3v) is 4.85. The predicted octanol–water partition coefficient (Wildman–Crippen LogP) is 3.64. The summed E-state index contributed by atoms with van der Waals surface area (Å²) >= 11 is 6.09. The van der Waals surface area contributed by atoms with Gasteiger partial charge in [-0.3, -0.25) is 9.59 Å². The summed E-state index contributed by atoms with van der Waals surface area (Å²) in [6.45, 7) is 1.40. The molecule has 0 aliphatic carbocycles. The molecule has 0 amide bonds. The van der Waals surface area contributed by atoms with Crippen LogP contribution in [0, 0.1) is 0 Å². The number of carboxylic acid groups (broad SMARTS) is 1. The summed E-state index contributed by atoms with van der Waals surface area (Å²) in [6, 6.07) is 13.6. The van der Waals surface area contributed by atoms with E-state index in [1.807, 2.05) is 6.07 Å². The van der Waals surface area contributed by atoms with E-state index < -0.39 is 17.6 Å². The van der Waals surface area contributed by atoms with Gasteiger partial charge in [0.25, 0.3) is 5.56 Å². The summed E-state index contributed by atoms with van der Waals surface area (Å²) in [6.07, 6.45) is 0.0709. The Morgan fingerprint density at radius 1 is 1.13 bits per heavy atom. The molecule has 0 aliphatic heterocycles. The van der Waals surface area contributed by atoms with Crippen molar-refractivity contribution >= 4 is 23.4 Å². The minimum absolute atomic E-state index is 0.0127. The molecule has 2 aromatic carbocycles. The Labute approximate surface area is 177 Å². The molecule has 0 spiro atoms. The zero-order chi connectivity index (χ0) is 21.8. The van der Waals surface area contributed by atoms with Gasteiger partial charge in [-0.25, -0.2) is 9.48 Å². The van der Waals surface area contributed by atoms with Gasteiger partial charge in [0.15, 0.2) is 11.8 Å². The number of carboxylic acids is 1. The largest absolute Gasteiger partial charge is 0.480 e. The number of carbonyl (C=O) groups is 2. The fraction of sp³-hybridized carbons (Fsp3) is 0.182. The van der Waals surface area contributed by atoms with Gasteiger partial charge in [0.05, 0.1) is 12.7 Å². The number of hydrogen-bond acceptors (Lipinski definition) is 5. The van der Waals surface area contributed by atoms with Gasteiger partial charge >= 0.3 is 5.97 Å². The van der Waals surface area contributed by atoms with Crippen molar-refractivity contribution in [3.05, 3.63) is 81.1 Å². The highest BCUT2D eigenvalue weighted by molar-refractivity contribution is 6.31. The fourth-order valence-corrected chi connectivity index (χ4v) is 3.35. The Bertz CT molecular complexity index is 1160. The summed E-state index contributed by atoms with van der Waals surface area (Å²) in [4.78, 5) is 36.8. The van der Waals surface area contributed by atoms with Gasteiger partial charge in [-0.05, 0) is 36.2 Å². The van der Waals surface area contributed by atoms with Crippen molar-refractivity contribution in [2.24, 2.45) is 0 Å². The van der Waals surface area contributed by atoms with Crippen LogP contribution < -0.4 is 10.3 Å². The van der Waals surface area contributed by atoms with E-state index in [0.717, 1.165) is 10.2 Å². The number of aromatic nitrogens is 2. The first-order chi connectivity index (χ1) is 14.3. The molecule has 0 bridgehead atoms. The van der Waals surface area contributed by atoms with E-state index in [4.69, 9.17) is 16.3 Å². The molecule has 8 heteroatoms. The first-order valence-electron chi connectivity index (χ1n) is 9.07. The highest BCUT2D eigenvalue weighted by Gasteiger charge is 2.25. The van der Waals surface area contributed by atoms with Crippen LogP contribution in [0.5, 0.6) is 5.88 Å². The van der Waals surface area contributed by atoms with Crippen LogP contribution >= 0.6 is 11.6 Å². The second-order valence-electron chi connectivity index (χ2n) is 6.64. The lowest BCUT2D eigenvalue weighted by Gasteiger charge is -2.17. The lowest BCUT2D eigenvalue weighted by Crippen LogP contribution is -2.33. The van der Waals surface area contributed by atoms with Gasteiger partial charge in [-0.1, -0.05) is 41.9 Å². The molecule has 0 saturated carbocycles. The van der Waals surface area contributed by atoms with Gasteiger partial charge < -0.3 is 9.84 Å². The number of benzene rings is 2. The second kappa shape index (κ2) is 8.92. The minimum atomic E-state index is -1.23. The molecule has 1 aromatic heterocycles. The maximum absolute atomic E-state index is 12.8. The Morgan fingerprint density at radius 3 is 2.43 bits per heavy atom. The minimum Gasteiger partial charge on any atom is -0.480 e. The Hall–Kier alpha value is -3.45. The molecule has 0 aliphatic rings. The third-order valence-electron chi connectivity index (χ3n) is 4.62. The van der Waals surface area contributed by atoms with E-state index in [-0.39, 0.29) is 23.6 Å². The molecular formula is C22H19ClN2O5. The number of Topliss-reactive ketones (excluding diaryl/α,β-unsaturated/α-hetero) is 1. The number of aliphatic carboxylic acids is 1. The molecule has 0 radical (unpaired) electrons. The molecule has 154 valence electrons. The number of rotatable bonds is 7. The zero-order valence-electron chi connectivity index (χ0n) is 16.3. The van der Waals surface area contributed by atoms with Crippen LogP contribution in [0.4, 0.5) is 0 Å². The van der Waals surface area contributed by atoms with Crippen molar-refractivity contribution in [3.63, 3.8) is 0 Å². The lowest BCUT2D eigenvalue weighted by atomic mass is 9.98. The zero-order valence-corrected chi connectivity index (χ0v) is 17.1. The van der Waals surface area contributed by atoms with Gasteiger partial charge in [0.2, 0.25) is 5.88 Å². The maximum atomic E-state index is 12.8. The van der Waals surface area contributed by atoms with Gasteiger partial charge in [-0.2, -0.15) is 0 Å². The molecule has 0 fully saturated rings. The van der Waals surface area contributed by atoms with Crippen molar-refractivity contribution in [1.82, 2.24) is 9.78 Å². The van der Waals surface area contributed by atoms with Crippen molar-refractivity contribution in [3.8, 4) is 17.0 Å². The first-order valence-corrected chi connectivity index (χ1v) is 9.45. The summed E-state index contributed by atoms with van der Waals surface area (Å²) in [7, 11) is 1.35.